The lowest BCUT2D eigenvalue weighted by atomic mass is 10.3. The molecule has 0 radical (unpaired) electrons. The number of hydrogen-bond donors (Lipinski definition) is 2. The third kappa shape index (κ3) is 4.27. The number of carbonyl (C=O) groups is 1. The largest absolute Gasteiger partial charge is 0.479 e. The lowest BCUT2D eigenvalue weighted by molar-refractivity contribution is -0.126. The maximum absolute atomic E-state index is 12.2. The number of aromatic nitrogens is 1. The molecule has 0 unspecified atom stereocenters. The Morgan fingerprint density at radius 1 is 1.20 bits per heavy atom. The molecule has 0 saturated carbocycles. The quantitative estimate of drug-likeness (QED) is 0.563. The molecule has 25 heavy (non-hydrogen) atoms. The number of fused-ring (bicyclic) bond motifs is 1. The zero-order valence-electron chi connectivity index (χ0n) is 12.8. The number of rotatable bonds is 5. The van der Waals surface area contributed by atoms with Crippen LogP contribution in [0.5, 0.6) is 5.75 Å². The average Bonchev–Trinajstić information content (AvgIpc) is 2.99. The summed E-state index contributed by atoms with van der Waals surface area (Å²) >= 11 is 19.3. The molecule has 1 heterocycles. The number of amides is 1. The second-order valence-electron chi connectivity index (χ2n) is 5.05. The Morgan fingerprint density at radius 2 is 2.00 bits per heavy atom. The molecule has 0 aliphatic heterocycles. The van der Waals surface area contributed by atoms with E-state index < -0.39 is 6.10 Å². The van der Waals surface area contributed by atoms with Gasteiger partial charge < -0.3 is 4.74 Å². The fourth-order valence-corrected chi connectivity index (χ4v) is 3.57. The minimum Gasteiger partial charge on any atom is -0.479 e. The van der Waals surface area contributed by atoms with Crippen LogP contribution in [0.2, 0.25) is 15.1 Å². The molecule has 3 aromatic rings. The molecule has 2 aromatic carbocycles. The fraction of sp³-hybridized carbons (Fsp3) is 0.125. The Balaban J connectivity index is 1.62. The summed E-state index contributed by atoms with van der Waals surface area (Å²) in [6.45, 7) is 1.61. The zero-order valence-corrected chi connectivity index (χ0v) is 15.9. The Kier molecular flexibility index (Phi) is 5.54. The van der Waals surface area contributed by atoms with Crippen molar-refractivity contribution in [2.24, 2.45) is 0 Å². The van der Waals surface area contributed by atoms with Gasteiger partial charge in [-0.3, -0.25) is 15.6 Å². The number of halogens is 3. The van der Waals surface area contributed by atoms with E-state index in [-0.39, 0.29) is 5.91 Å². The molecule has 130 valence electrons. The molecule has 0 fully saturated rings. The summed E-state index contributed by atoms with van der Waals surface area (Å²) in [5, 5.41) is 1.90. The van der Waals surface area contributed by atoms with E-state index in [4.69, 9.17) is 39.5 Å². The SMILES string of the molecule is C[C@H](Oc1ccc(Cl)cc1Cl)C(=O)NNc1nc2c(Cl)cccc2s1. The second kappa shape index (κ2) is 7.66. The molecule has 1 amide bonds. The molecule has 0 spiro atoms. The van der Waals surface area contributed by atoms with Crippen LogP contribution in [-0.4, -0.2) is 17.0 Å². The number of carbonyl (C=O) groups excluding carboxylic acids is 1. The van der Waals surface area contributed by atoms with E-state index in [1.165, 1.54) is 11.3 Å². The van der Waals surface area contributed by atoms with Crippen molar-refractivity contribution in [1.82, 2.24) is 10.4 Å². The van der Waals surface area contributed by atoms with Crippen LogP contribution < -0.4 is 15.6 Å². The van der Waals surface area contributed by atoms with Crippen molar-refractivity contribution in [1.29, 1.82) is 0 Å². The van der Waals surface area contributed by atoms with Crippen molar-refractivity contribution in [3.05, 3.63) is 51.5 Å². The Bertz CT molecular complexity index is 932. The first-order chi connectivity index (χ1) is 11.9. The summed E-state index contributed by atoms with van der Waals surface area (Å²) in [6.07, 6.45) is -0.774. The van der Waals surface area contributed by atoms with E-state index in [1.54, 1.807) is 31.2 Å². The van der Waals surface area contributed by atoms with Crippen molar-refractivity contribution < 1.29 is 9.53 Å². The van der Waals surface area contributed by atoms with Crippen LogP contribution in [0.1, 0.15) is 6.92 Å². The first-order valence-corrected chi connectivity index (χ1v) is 9.11. The topological polar surface area (TPSA) is 63.2 Å². The molecule has 0 saturated heterocycles. The van der Waals surface area contributed by atoms with Gasteiger partial charge in [-0.25, -0.2) is 4.98 Å². The zero-order chi connectivity index (χ0) is 18.0. The van der Waals surface area contributed by atoms with Gasteiger partial charge in [0, 0.05) is 5.02 Å². The monoisotopic (exact) mass is 415 g/mol. The van der Waals surface area contributed by atoms with Crippen LogP contribution in [0.25, 0.3) is 10.2 Å². The second-order valence-corrected chi connectivity index (χ2v) is 7.34. The fourth-order valence-electron chi connectivity index (χ4n) is 2.00. The highest BCUT2D eigenvalue weighted by molar-refractivity contribution is 7.22. The maximum atomic E-state index is 12.2. The maximum Gasteiger partial charge on any atom is 0.279 e. The standard InChI is InChI=1S/C16H12Cl3N3O2S/c1-8(24-12-6-5-9(17)7-11(12)19)15(23)21-22-16-20-14-10(18)3-2-4-13(14)25-16/h2-8H,1H3,(H,20,22)(H,21,23)/t8-/m0/s1. The van der Waals surface area contributed by atoms with Crippen molar-refractivity contribution >= 4 is 67.4 Å². The van der Waals surface area contributed by atoms with Crippen LogP contribution in [0.15, 0.2) is 36.4 Å². The number of hydrazine groups is 1. The van der Waals surface area contributed by atoms with Crippen molar-refractivity contribution in [3.63, 3.8) is 0 Å². The van der Waals surface area contributed by atoms with Gasteiger partial charge in [0.05, 0.1) is 14.7 Å². The predicted molar refractivity (Wildman–Crippen MR) is 103 cm³/mol. The summed E-state index contributed by atoms with van der Waals surface area (Å²) in [5.74, 6) is -0.00291. The molecule has 2 N–H and O–H groups in total. The minimum absolute atomic E-state index is 0.334. The number of anilines is 1. The van der Waals surface area contributed by atoms with Gasteiger partial charge in [0.15, 0.2) is 6.10 Å². The average molecular weight is 417 g/mol. The van der Waals surface area contributed by atoms with E-state index in [0.717, 1.165) is 4.70 Å². The highest BCUT2D eigenvalue weighted by Gasteiger charge is 2.17. The van der Waals surface area contributed by atoms with Gasteiger partial charge in [-0.2, -0.15) is 0 Å². The summed E-state index contributed by atoms with van der Waals surface area (Å²) < 4.78 is 6.47. The van der Waals surface area contributed by atoms with Crippen LogP contribution in [0.4, 0.5) is 5.13 Å². The summed E-state index contributed by atoms with van der Waals surface area (Å²) in [5.41, 5.74) is 6.00. The van der Waals surface area contributed by atoms with E-state index in [1.807, 2.05) is 12.1 Å². The van der Waals surface area contributed by atoms with Crippen LogP contribution in [0.3, 0.4) is 0 Å². The molecule has 3 rings (SSSR count). The van der Waals surface area contributed by atoms with Crippen molar-refractivity contribution in [2.75, 3.05) is 5.43 Å². The third-order valence-corrected chi connectivity index (χ3v) is 5.00. The van der Waals surface area contributed by atoms with E-state index in [9.17, 15) is 4.79 Å². The number of ether oxygens (including phenoxy) is 1. The summed E-state index contributed by atoms with van der Waals surface area (Å²) in [6, 6.07) is 10.3. The Labute approximate surface area is 162 Å². The van der Waals surface area contributed by atoms with Crippen molar-refractivity contribution in [2.45, 2.75) is 13.0 Å². The van der Waals surface area contributed by atoms with Gasteiger partial charge in [0.1, 0.15) is 11.3 Å². The number of benzene rings is 2. The number of thiazole rings is 1. The van der Waals surface area contributed by atoms with Gasteiger partial charge in [0.25, 0.3) is 5.91 Å². The first-order valence-electron chi connectivity index (χ1n) is 7.16. The number of nitrogens with zero attached hydrogens (tertiary/aromatic N) is 1. The highest BCUT2D eigenvalue weighted by atomic mass is 35.5. The molecule has 5 nitrogen and oxygen atoms in total. The molecule has 0 bridgehead atoms. The van der Waals surface area contributed by atoms with Crippen LogP contribution in [-0.2, 0) is 4.79 Å². The lowest BCUT2D eigenvalue weighted by Crippen LogP contribution is -2.39. The molecule has 0 aliphatic carbocycles. The minimum atomic E-state index is -0.774. The molecular weight excluding hydrogens is 405 g/mol. The number of hydrogen-bond acceptors (Lipinski definition) is 5. The normalized spacial score (nSPS) is 12.0. The molecule has 9 heteroatoms. The highest BCUT2D eigenvalue weighted by Crippen LogP contribution is 2.30. The Hall–Kier alpha value is -1.73. The molecular formula is C16H12Cl3N3O2S. The predicted octanol–water partition coefficient (Wildman–Crippen LogP) is 5.17. The molecule has 1 atom stereocenters. The van der Waals surface area contributed by atoms with E-state index in [0.29, 0.717) is 31.5 Å². The van der Waals surface area contributed by atoms with Crippen LogP contribution in [0, 0.1) is 0 Å². The summed E-state index contributed by atoms with van der Waals surface area (Å²) in [4.78, 5) is 16.5. The molecule has 0 aliphatic rings. The lowest BCUT2D eigenvalue weighted by Gasteiger charge is -2.15. The van der Waals surface area contributed by atoms with Crippen molar-refractivity contribution in [3.8, 4) is 5.75 Å². The van der Waals surface area contributed by atoms with E-state index >= 15 is 0 Å². The number of nitrogens with one attached hydrogen (secondary N) is 2. The van der Waals surface area contributed by atoms with Gasteiger partial charge in [-0.15, -0.1) is 0 Å². The summed E-state index contributed by atoms with van der Waals surface area (Å²) in [7, 11) is 0. The smallest absolute Gasteiger partial charge is 0.279 e. The van der Waals surface area contributed by atoms with Crippen LogP contribution >= 0.6 is 46.1 Å². The number of para-hydroxylation sites is 1. The van der Waals surface area contributed by atoms with E-state index in [2.05, 4.69) is 15.8 Å². The van der Waals surface area contributed by atoms with Gasteiger partial charge in [-0.05, 0) is 37.3 Å². The molecule has 1 aromatic heterocycles. The third-order valence-electron chi connectivity index (χ3n) is 3.23. The Morgan fingerprint density at radius 3 is 2.72 bits per heavy atom. The van der Waals surface area contributed by atoms with Gasteiger partial charge >= 0.3 is 0 Å². The first kappa shape index (κ1) is 18.1. The van der Waals surface area contributed by atoms with Gasteiger partial charge in [0.2, 0.25) is 5.13 Å². The van der Waals surface area contributed by atoms with Gasteiger partial charge in [-0.1, -0.05) is 52.2 Å².